The minimum atomic E-state index is -0.231. The Labute approximate surface area is 138 Å². The van der Waals surface area contributed by atoms with Crippen LogP contribution in [0, 0.1) is 13.8 Å². The van der Waals surface area contributed by atoms with Crippen LogP contribution >= 0.6 is 23.1 Å². The Kier molecular flexibility index (Phi) is 6.21. The van der Waals surface area contributed by atoms with Gasteiger partial charge in [-0.1, -0.05) is 48.2 Å². The molecular weight excluding hydrogens is 318 g/mol. The lowest BCUT2D eigenvalue weighted by Gasteiger charge is -2.11. The lowest BCUT2D eigenvalue weighted by Crippen LogP contribution is -2.20. The molecule has 2 rings (SSSR count). The van der Waals surface area contributed by atoms with E-state index in [0.29, 0.717) is 5.13 Å². The molecule has 2 aromatic rings. The van der Waals surface area contributed by atoms with E-state index in [2.05, 4.69) is 22.4 Å². The normalized spacial score (nSPS) is 10.5. The van der Waals surface area contributed by atoms with E-state index in [9.17, 15) is 4.79 Å². The van der Waals surface area contributed by atoms with Crippen molar-refractivity contribution in [1.29, 1.82) is 0 Å². The number of hydrogen-bond donors (Lipinski definition) is 1. The molecule has 1 heterocycles. The van der Waals surface area contributed by atoms with Crippen molar-refractivity contribution in [1.82, 2.24) is 10.2 Å². The second kappa shape index (κ2) is 8.14. The van der Waals surface area contributed by atoms with Crippen LogP contribution in [0.2, 0.25) is 0 Å². The third-order valence-corrected chi connectivity index (χ3v) is 5.02. The Hall–Kier alpha value is -1.60. The molecule has 0 atom stereocenters. The molecule has 0 aliphatic heterocycles. The Bertz CT molecular complexity index is 623. The van der Waals surface area contributed by atoms with Crippen LogP contribution in [-0.4, -0.2) is 28.5 Å². The highest BCUT2D eigenvalue weighted by molar-refractivity contribution is 8.01. The first-order valence-corrected chi connectivity index (χ1v) is 8.85. The number of rotatable bonds is 7. The summed E-state index contributed by atoms with van der Waals surface area (Å²) in [4.78, 5) is 11.9. The van der Waals surface area contributed by atoms with E-state index in [-0.39, 0.29) is 12.5 Å². The number of hydrogen-bond acceptors (Lipinski definition) is 6. The van der Waals surface area contributed by atoms with Crippen LogP contribution in [-0.2, 0) is 4.79 Å². The maximum absolute atomic E-state index is 11.9. The molecule has 0 spiro atoms. The number of aryl methyl sites for hydroxylation is 2. The van der Waals surface area contributed by atoms with Gasteiger partial charge in [-0.3, -0.25) is 10.1 Å². The molecule has 0 fully saturated rings. The lowest BCUT2D eigenvalue weighted by atomic mass is 10.1. The maximum atomic E-state index is 11.9. The highest BCUT2D eigenvalue weighted by Gasteiger charge is 2.10. The summed E-state index contributed by atoms with van der Waals surface area (Å²) in [7, 11) is 0. The number of aromatic nitrogens is 2. The zero-order valence-electron chi connectivity index (χ0n) is 12.9. The largest absolute Gasteiger partial charge is 0.483 e. The number of amides is 1. The molecule has 1 amide bonds. The maximum Gasteiger partial charge on any atom is 0.264 e. The fraction of sp³-hybridized carbons (Fsp3) is 0.400. The first-order valence-electron chi connectivity index (χ1n) is 7.05. The third-order valence-electron chi connectivity index (χ3n) is 2.84. The summed E-state index contributed by atoms with van der Waals surface area (Å²) in [6, 6.07) is 5.89. The van der Waals surface area contributed by atoms with Gasteiger partial charge in [-0.25, -0.2) is 0 Å². The molecule has 0 radical (unpaired) electrons. The van der Waals surface area contributed by atoms with Gasteiger partial charge >= 0.3 is 0 Å². The van der Waals surface area contributed by atoms with Gasteiger partial charge in [0.1, 0.15) is 5.75 Å². The van der Waals surface area contributed by atoms with E-state index in [4.69, 9.17) is 4.74 Å². The molecule has 1 N–H and O–H groups in total. The van der Waals surface area contributed by atoms with E-state index >= 15 is 0 Å². The topological polar surface area (TPSA) is 64.1 Å². The van der Waals surface area contributed by atoms with Gasteiger partial charge in [-0.2, -0.15) is 0 Å². The zero-order valence-corrected chi connectivity index (χ0v) is 14.5. The number of carbonyl (C=O) groups is 1. The first kappa shape index (κ1) is 16.8. The summed E-state index contributed by atoms with van der Waals surface area (Å²) in [5.41, 5.74) is 2.03. The molecule has 0 bridgehead atoms. The SMILES string of the molecule is CCCSc1nnc(NC(=O)COc2c(C)cccc2C)s1. The van der Waals surface area contributed by atoms with E-state index < -0.39 is 0 Å². The van der Waals surface area contributed by atoms with Crippen molar-refractivity contribution in [3.05, 3.63) is 29.3 Å². The van der Waals surface area contributed by atoms with E-state index in [1.54, 1.807) is 11.8 Å². The average molecular weight is 337 g/mol. The van der Waals surface area contributed by atoms with Crippen LogP contribution in [0.5, 0.6) is 5.75 Å². The molecule has 118 valence electrons. The number of anilines is 1. The Morgan fingerprint density at radius 1 is 1.32 bits per heavy atom. The molecule has 7 heteroatoms. The Morgan fingerprint density at radius 2 is 2.05 bits per heavy atom. The fourth-order valence-corrected chi connectivity index (χ4v) is 3.52. The minimum absolute atomic E-state index is 0.0390. The number of nitrogens with zero attached hydrogens (tertiary/aromatic N) is 2. The molecule has 0 aliphatic carbocycles. The number of carbonyl (C=O) groups excluding carboxylic acids is 1. The van der Waals surface area contributed by atoms with Crippen LogP contribution in [0.15, 0.2) is 22.5 Å². The molecule has 22 heavy (non-hydrogen) atoms. The predicted molar refractivity (Wildman–Crippen MR) is 91.0 cm³/mol. The number of para-hydroxylation sites is 1. The minimum Gasteiger partial charge on any atom is -0.483 e. The van der Waals surface area contributed by atoms with Gasteiger partial charge in [0.25, 0.3) is 5.91 Å². The van der Waals surface area contributed by atoms with E-state index in [0.717, 1.165) is 33.4 Å². The lowest BCUT2D eigenvalue weighted by molar-refractivity contribution is -0.118. The van der Waals surface area contributed by atoms with Gasteiger partial charge in [0, 0.05) is 5.75 Å². The third kappa shape index (κ3) is 4.71. The van der Waals surface area contributed by atoms with Crippen LogP contribution in [0.1, 0.15) is 24.5 Å². The van der Waals surface area contributed by atoms with Gasteiger partial charge in [-0.05, 0) is 31.4 Å². The number of ether oxygens (including phenoxy) is 1. The number of benzene rings is 1. The predicted octanol–water partition coefficient (Wildman–Crippen LogP) is 3.67. The zero-order chi connectivity index (χ0) is 15.9. The monoisotopic (exact) mass is 337 g/mol. The van der Waals surface area contributed by atoms with Crippen LogP contribution in [0.25, 0.3) is 0 Å². The van der Waals surface area contributed by atoms with Gasteiger partial charge in [0.15, 0.2) is 10.9 Å². The molecule has 5 nitrogen and oxygen atoms in total. The van der Waals surface area contributed by atoms with Crippen LogP contribution in [0.3, 0.4) is 0 Å². The van der Waals surface area contributed by atoms with Crippen LogP contribution < -0.4 is 10.1 Å². The highest BCUT2D eigenvalue weighted by Crippen LogP contribution is 2.26. The molecular formula is C15H19N3O2S2. The van der Waals surface area contributed by atoms with Crippen molar-refractivity contribution in [3.63, 3.8) is 0 Å². The number of thioether (sulfide) groups is 1. The molecule has 1 aromatic heterocycles. The van der Waals surface area contributed by atoms with Gasteiger partial charge in [0.05, 0.1) is 0 Å². The van der Waals surface area contributed by atoms with Crippen LogP contribution in [0.4, 0.5) is 5.13 Å². The first-order chi connectivity index (χ1) is 10.6. The second-order valence-corrected chi connectivity index (χ2v) is 7.10. The summed E-state index contributed by atoms with van der Waals surface area (Å²) in [6.07, 6.45) is 1.08. The molecule has 0 unspecified atom stereocenters. The highest BCUT2D eigenvalue weighted by atomic mass is 32.2. The average Bonchev–Trinajstić information content (AvgIpc) is 2.92. The van der Waals surface area contributed by atoms with Gasteiger partial charge in [0.2, 0.25) is 5.13 Å². The summed E-state index contributed by atoms with van der Waals surface area (Å²) in [6.45, 7) is 5.99. The van der Waals surface area contributed by atoms with Crippen molar-refractivity contribution in [2.45, 2.75) is 31.5 Å². The summed E-state index contributed by atoms with van der Waals surface area (Å²) in [5.74, 6) is 1.53. The van der Waals surface area contributed by atoms with Crippen molar-refractivity contribution in [3.8, 4) is 5.75 Å². The summed E-state index contributed by atoms with van der Waals surface area (Å²) >= 11 is 3.03. The quantitative estimate of drug-likeness (QED) is 0.617. The van der Waals surface area contributed by atoms with Crippen molar-refractivity contribution < 1.29 is 9.53 Å². The number of nitrogens with one attached hydrogen (secondary N) is 1. The van der Waals surface area contributed by atoms with Gasteiger partial charge in [-0.15, -0.1) is 10.2 Å². The van der Waals surface area contributed by atoms with Gasteiger partial charge < -0.3 is 4.74 Å². The van der Waals surface area contributed by atoms with E-state index in [1.807, 2.05) is 32.0 Å². The van der Waals surface area contributed by atoms with Crippen molar-refractivity contribution in [2.24, 2.45) is 0 Å². The van der Waals surface area contributed by atoms with Crippen molar-refractivity contribution in [2.75, 3.05) is 17.7 Å². The molecule has 1 aromatic carbocycles. The van der Waals surface area contributed by atoms with E-state index in [1.165, 1.54) is 11.3 Å². The summed E-state index contributed by atoms with van der Waals surface area (Å²) in [5, 5.41) is 11.2. The van der Waals surface area contributed by atoms with Crippen molar-refractivity contribution >= 4 is 34.1 Å². The fourth-order valence-electron chi connectivity index (χ4n) is 1.83. The molecule has 0 aliphatic rings. The Morgan fingerprint density at radius 3 is 2.73 bits per heavy atom. The molecule has 0 saturated carbocycles. The molecule has 0 saturated heterocycles. The Balaban J connectivity index is 1.86. The summed E-state index contributed by atoms with van der Waals surface area (Å²) < 4.78 is 6.48. The second-order valence-electron chi connectivity index (χ2n) is 4.78. The smallest absolute Gasteiger partial charge is 0.264 e. The standard InChI is InChI=1S/C15H19N3O2S2/c1-4-8-21-15-18-17-14(22-15)16-12(19)9-20-13-10(2)6-5-7-11(13)3/h5-7H,4,8-9H2,1-3H3,(H,16,17,19).